The molecule has 1 fully saturated rings. The highest BCUT2D eigenvalue weighted by Crippen LogP contribution is 2.35. The number of carbonyl (C=O) groups is 1. The third kappa shape index (κ3) is 2.21. The van der Waals surface area contributed by atoms with Gasteiger partial charge in [0.05, 0.1) is 0 Å². The van der Waals surface area contributed by atoms with Crippen molar-refractivity contribution in [1.82, 2.24) is 5.32 Å². The van der Waals surface area contributed by atoms with Gasteiger partial charge in [0.2, 0.25) is 0 Å². The highest BCUT2D eigenvalue weighted by molar-refractivity contribution is 5.82. The molecule has 1 rings (SSSR count). The lowest BCUT2D eigenvalue weighted by Gasteiger charge is -2.11. The van der Waals surface area contributed by atoms with Gasteiger partial charge in [-0.25, -0.2) is 0 Å². The lowest BCUT2D eigenvalue weighted by Crippen LogP contribution is -2.39. The molecule has 0 heterocycles. The Bertz CT molecular complexity index is 164. The van der Waals surface area contributed by atoms with Crippen LogP contribution in [0.1, 0.15) is 39.0 Å². The molecule has 0 radical (unpaired) electrons. The fourth-order valence-corrected chi connectivity index (χ4v) is 1.29. The zero-order chi connectivity index (χ0) is 9.03. The van der Waals surface area contributed by atoms with Gasteiger partial charge in [0.15, 0.2) is 0 Å². The van der Waals surface area contributed by atoms with Gasteiger partial charge in [0, 0.05) is 0 Å². The Kier molecular flexibility index (Phi) is 3.09. The van der Waals surface area contributed by atoms with Crippen molar-refractivity contribution in [2.45, 2.75) is 44.6 Å². The van der Waals surface area contributed by atoms with E-state index in [0.29, 0.717) is 0 Å². The zero-order valence-electron chi connectivity index (χ0n) is 7.60. The molecule has 2 N–H and O–H groups in total. The number of aliphatic carboxylic acids is 1. The van der Waals surface area contributed by atoms with Crippen LogP contribution in [0.3, 0.4) is 0 Å². The summed E-state index contributed by atoms with van der Waals surface area (Å²) >= 11 is 0. The molecular weight excluding hydrogens is 154 g/mol. The molecule has 0 aliphatic heterocycles. The molecule has 0 aromatic rings. The minimum atomic E-state index is -0.681. The van der Waals surface area contributed by atoms with Gasteiger partial charge in [-0.3, -0.25) is 4.79 Å². The van der Waals surface area contributed by atoms with Crippen molar-refractivity contribution in [3.63, 3.8) is 0 Å². The van der Waals surface area contributed by atoms with Gasteiger partial charge in [-0.05, 0) is 25.8 Å². The average molecular weight is 171 g/mol. The van der Waals surface area contributed by atoms with Crippen LogP contribution in [0.5, 0.6) is 0 Å². The van der Waals surface area contributed by atoms with E-state index in [1.165, 1.54) is 12.8 Å². The summed E-state index contributed by atoms with van der Waals surface area (Å²) in [6.07, 6.45) is 5.05. The first-order valence-electron chi connectivity index (χ1n) is 4.70. The van der Waals surface area contributed by atoms with E-state index in [-0.39, 0.29) is 0 Å². The number of unbranched alkanes of at least 4 members (excludes halogenated alkanes) is 2. The first kappa shape index (κ1) is 9.52. The molecule has 0 atom stereocenters. The molecule has 3 heteroatoms. The number of nitrogens with one attached hydrogen (secondary N) is 1. The zero-order valence-corrected chi connectivity index (χ0v) is 7.60. The lowest BCUT2D eigenvalue weighted by molar-refractivity contribution is -0.140. The fourth-order valence-electron chi connectivity index (χ4n) is 1.29. The van der Waals surface area contributed by atoms with Gasteiger partial charge >= 0.3 is 5.97 Å². The minimum Gasteiger partial charge on any atom is -0.480 e. The van der Waals surface area contributed by atoms with Gasteiger partial charge in [0.25, 0.3) is 0 Å². The predicted molar refractivity (Wildman–Crippen MR) is 47.1 cm³/mol. The van der Waals surface area contributed by atoms with E-state index < -0.39 is 11.5 Å². The van der Waals surface area contributed by atoms with Crippen LogP contribution in [0.15, 0.2) is 0 Å². The van der Waals surface area contributed by atoms with Crippen molar-refractivity contribution in [2.24, 2.45) is 0 Å². The van der Waals surface area contributed by atoms with E-state index in [1.807, 2.05) is 0 Å². The highest BCUT2D eigenvalue weighted by atomic mass is 16.4. The smallest absolute Gasteiger partial charge is 0.323 e. The van der Waals surface area contributed by atoms with Crippen molar-refractivity contribution in [3.8, 4) is 0 Å². The maximum absolute atomic E-state index is 10.7. The Morgan fingerprint density at radius 3 is 2.58 bits per heavy atom. The van der Waals surface area contributed by atoms with Crippen molar-refractivity contribution in [3.05, 3.63) is 0 Å². The molecule has 0 spiro atoms. The molecule has 70 valence electrons. The van der Waals surface area contributed by atoms with Crippen molar-refractivity contribution in [1.29, 1.82) is 0 Å². The summed E-state index contributed by atoms with van der Waals surface area (Å²) in [6.45, 7) is 2.99. The normalized spacial score (nSPS) is 19.1. The Morgan fingerprint density at radius 1 is 1.50 bits per heavy atom. The van der Waals surface area contributed by atoms with Crippen LogP contribution in [0.4, 0.5) is 0 Å². The van der Waals surface area contributed by atoms with Gasteiger partial charge in [-0.1, -0.05) is 19.8 Å². The van der Waals surface area contributed by atoms with Gasteiger partial charge < -0.3 is 10.4 Å². The average Bonchev–Trinajstić information content (AvgIpc) is 2.79. The van der Waals surface area contributed by atoms with Crippen molar-refractivity contribution in [2.75, 3.05) is 6.54 Å². The third-order valence-electron chi connectivity index (χ3n) is 2.40. The molecule has 1 saturated carbocycles. The Labute approximate surface area is 73.2 Å². The van der Waals surface area contributed by atoms with Crippen LogP contribution in [0.25, 0.3) is 0 Å². The van der Waals surface area contributed by atoms with Crippen molar-refractivity contribution >= 4 is 5.97 Å². The molecule has 0 unspecified atom stereocenters. The molecule has 0 aromatic carbocycles. The molecule has 12 heavy (non-hydrogen) atoms. The number of rotatable bonds is 6. The summed E-state index contributed by atoms with van der Waals surface area (Å²) in [5.74, 6) is -0.681. The summed E-state index contributed by atoms with van der Waals surface area (Å²) in [6, 6.07) is 0. The van der Waals surface area contributed by atoms with E-state index >= 15 is 0 Å². The van der Waals surface area contributed by atoms with Crippen LogP contribution in [0.2, 0.25) is 0 Å². The number of carboxylic acid groups (broad SMARTS) is 1. The molecule has 1 aliphatic rings. The second kappa shape index (κ2) is 3.90. The maximum Gasteiger partial charge on any atom is 0.323 e. The van der Waals surface area contributed by atoms with Crippen LogP contribution < -0.4 is 5.32 Å². The van der Waals surface area contributed by atoms with Gasteiger partial charge in [-0.15, -0.1) is 0 Å². The van der Waals surface area contributed by atoms with E-state index in [1.54, 1.807) is 0 Å². The molecule has 1 aliphatic carbocycles. The van der Waals surface area contributed by atoms with Gasteiger partial charge in [0.1, 0.15) is 5.54 Å². The third-order valence-corrected chi connectivity index (χ3v) is 2.40. The summed E-state index contributed by atoms with van der Waals surface area (Å²) in [7, 11) is 0. The first-order chi connectivity index (χ1) is 5.71. The van der Waals surface area contributed by atoms with E-state index in [2.05, 4.69) is 12.2 Å². The SMILES string of the molecule is CCCCCNC1(C(=O)O)CC1. The standard InChI is InChI=1S/C9H17NO2/c1-2-3-4-7-10-9(5-6-9)8(11)12/h10H,2-7H2,1H3,(H,11,12). The molecule has 0 saturated heterocycles. The second-order valence-electron chi connectivity index (χ2n) is 3.52. The first-order valence-corrected chi connectivity index (χ1v) is 4.70. The Balaban J connectivity index is 2.10. The summed E-state index contributed by atoms with van der Waals surface area (Å²) in [5.41, 5.74) is -0.534. The maximum atomic E-state index is 10.7. The molecule has 0 aromatic heterocycles. The Hall–Kier alpha value is -0.570. The number of carboxylic acids is 1. The topological polar surface area (TPSA) is 49.3 Å². The van der Waals surface area contributed by atoms with Crippen LogP contribution in [-0.4, -0.2) is 23.2 Å². The number of hydrogen-bond acceptors (Lipinski definition) is 2. The van der Waals surface area contributed by atoms with Gasteiger partial charge in [-0.2, -0.15) is 0 Å². The molecule has 0 bridgehead atoms. The van der Waals surface area contributed by atoms with Crippen LogP contribution in [0, 0.1) is 0 Å². The quantitative estimate of drug-likeness (QED) is 0.594. The minimum absolute atomic E-state index is 0.534. The fraction of sp³-hybridized carbons (Fsp3) is 0.889. The lowest BCUT2D eigenvalue weighted by atomic mass is 10.2. The second-order valence-corrected chi connectivity index (χ2v) is 3.52. The number of hydrogen-bond donors (Lipinski definition) is 2. The van der Waals surface area contributed by atoms with Crippen molar-refractivity contribution < 1.29 is 9.90 Å². The Morgan fingerprint density at radius 2 is 2.17 bits per heavy atom. The highest BCUT2D eigenvalue weighted by Gasteiger charge is 2.49. The molecule has 0 amide bonds. The van der Waals surface area contributed by atoms with Crippen LogP contribution >= 0.6 is 0 Å². The summed E-state index contributed by atoms with van der Waals surface area (Å²) < 4.78 is 0. The monoisotopic (exact) mass is 171 g/mol. The van der Waals surface area contributed by atoms with E-state index in [4.69, 9.17) is 5.11 Å². The van der Waals surface area contributed by atoms with E-state index in [0.717, 1.165) is 25.8 Å². The summed E-state index contributed by atoms with van der Waals surface area (Å²) in [4.78, 5) is 10.7. The largest absolute Gasteiger partial charge is 0.480 e. The van der Waals surface area contributed by atoms with E-state index in [9.17, 15) is 4.79 Å². The molecule has 3 nitrogen and oxygen atoms in total. The van der Waals surface area contributed by atoms with Crippen LogP contribution in [-0.2, 0) is 4.79 Å². The summed E-state index contributed by atoms with van der Waals surface area (Å²) in [5, 5.41) is 11.9. The molecular formula is C9H17NO2. The predicted octanol–water partition coefficient (Wildman–Crippen LogP) is 1.38.